The van der Waals surface area contributed by atoms with E-state index in [0.29, 0.717) is 13.0 Å². The van der Waals surface area contributed by atoms with Gasteiger partial charge >= 0.3 is 0 Å². The molecule has 2 rings (SSSR count). The number of nitrogens with zero attached hydrogens (tertiary/aromatic N) is 1. The van der Waals surface area contributed by atoms with E-state index in [0.717, 1.165) is 12.0 Å². The lowest BCUT2D eigenvalue weighted by molar-refractivity contribution is -0.128. The molecule has 0 spiro atoms. The van der Waals surface area contributed by atoms with Gasteiger partial charge in [0.1, 0.15) is 0 Å². The van der Waals surface area contributed by atoms with Crippen LogP contribution in [0.5, 0.6) is 0 Å². The standard InChI is InChI=1S/C16H22N2O2/c1-4-9-17-16(20)13-10-14(19)18(3)15(13)12-7-5-11(2)6-8-12/h5-8,13,15H,4,9-10H2,1-3H3,(H,17,20). The molecule has 1 fully saturated rings. The average molecular weight is 274 g/mol. The van der Waals surface area contributed by atoms with Gasteiger partial charge < -0.3 is 10.2 Å². The molecule has 108 valence electrons. The maximum Gasteiger partial charge on any atom is 0.226 e. The molecule has 0 aliphatic carbocycles. The molecule has 1 aromatic carbocycles. The number of rotatable bonds is 4. The summed E-state index contributed by atoms with van der Waals surface area (Å²) in [4.78, 5) is 25.9. The maximum atomic E-state index is 12.3. The van der Waals surface area contributed by atoms with Gasteiger partial charge in [-0.25, -0.2) is 0 Å². The van der Waals surface area contributed by atoms with Crippen molar-refractivity contribution in [2.45, 2.75) is 32.7 Å². The fourth-order valence-electron chi connectivity index (χ4n) is 2.70. The topological polar surface area (TPSA) is 49.4 Å². The molecule has 1 aliphatic heterocycles. The predicted octanol–water partition coefficient (Wildman–Crippen LogP) is 2.04. The van der Waals surface area contributed by atoms with Crippen LogP contribution in [-0.2, 0) is 9.59 Å². The Labute approximate surface area is 120 Å². The quantitative estimate of drug-likeness (QED) is 0.913. The highest BCUT2D eigenvalue weighted by molar-refractivity contribution is 5.90. The summed E-state index contributed by atoms with van der Waals surface area (Å²) in [6.07, 6.45) is 1.20. The summed E-state index contributed by atoms with van der Waals surface area (Å²) in [6, 6.07) is 7.91. The minimum Gasteiger partial charge on any atom is -0.356 e. The van der Waals surface area contributed by atoms with Crippen LogP contribution < -0.4 is 5.32 Å². The van der Waals surface area contributed by atoms with E-state index in [2.05, 4.69) is 5.32 Å². The van der Waals surface area contributed by atoms with Gasteiger partial charge in [-0.2, -0.15) is 0 Å². The molecule has 0 radical (unpaired) electrons. The van der Waals surface area contributed by atoms with Crippen LogP contribution >= 0.6 is 0 Å². The zero-order valence-corrected chi connectivity index (χ0v) is 12.3. The van der Waals surface area contributed by atoms with Gasteiger partial charge in [-0.05, 0) is 18.9 Å². The summed E-state index contributed by atoms with van der Waals surface area (Å²) in [5, 5.41) is 2.91. The number of carbonyl (C=O) groups is 2. The first kappa shape index (κ1) is 14.6. The molecule has 0 saturated carbocycles. The maximum absolute atomic E-state index is 12.3. The Kier molecular flexibility index (Phi) is 4.42. The van der Waals surface area contributed by atoms with Gasteiger partial charge in [0.05, 0.1) is 12.0 Å². The number of aryl methyl sites for hydroxylation is 1. The monoisotopic (exact) mass is 274 g/mol. The summed E-state index contributed by atoms with van der Waals surface area (Å²) >= 11 is 0. The summed E-state index contributed by atoms with van der Waals surface area (Å²) in [7, 11) is 1.78. The normalized spacial score (nSPS) is 22.1. The second-order valence-corrected chi connectivity index (χ2v) is 5.46. The molecule has 20 heavy (non-hydrogen) atoms. The van der Waals surface area contributed by atoms with E-state index in [1.807, 2.05) is 38.1 Å². The van der Waals surface area contributed by atoms with Crippen LogP contribution in [0.4, 0.5) is 0 Å². The van der Waals surface area contributed by atoms with Crippen molar-refractivity contribution in [3.05, 3.63) is 35.4 Å². The highest BCUT2D eigenvalue weighted by atomic mass is 16.2. The molecule has 0 bridgehead atoms. The van der Waals surface area contributed by atoms with Gasteiger partial charge in [-0.3, -0.25) is 9.59 Å². The highest BCUT2D eigenvalue weighted by Gasteiger charge is 2.42. The first-order valence-corrected chi connectivity index (χ1v) is 7.14. The van der Waals surface area contributed by atoms with Crippen molar-refractivity contribution in [1.82, 2.24) is 10.2 Å². The van der Waals surface area contributed by atoms with E-state index in [1.54, 1.807) is 11.9 Å². The Hall–Kier alpha value is -1.84. The lowest BCUT2D eigenvalue weighted by atomic mass is 9.92. The zero-order valence-electron chi connectivity index (χ0n) is 12.3. The lowest BCUT2D eigenvalue weighted by Gasteiger charge is -2.25. The molecule has 2 amide bonds. The van der Waals surface area contributed by atoms with Gasteiger partial charge in [0.2, 0.25) is 11.8 Å². The molecular weight excluding hydrogens is 252 g/mol. The van der Waals surface area contributed by atoms with E-state index < -0.39 is 0 Å². The molecule has 1 saturated heterocycles. The van der Waals surface area contributed by atoms with Crippen molar-refractivity contribution < 1.29 is 9.59 Å². The minimum atomic E-state index is -0.290. The molecule has 2 atom stereocenters. The smallest absolute Gasteiger partial charge is 0.226 e. The summed E-state index contributed by atoms with van der Waals surface area (Å²) in [5.41, 5.74) is 2.20. The Bertz CT molecular complexity index is 496. The van der Waals surface area contributed by atoms with E-state index in [4.69, 9.17) is 0 Å². The molecule has 4 nitrogen and oxygen atoms in total. The summed E-state index contributed by atoms with van der Waals surface area (Å²) < 4.78 is 0. The highest BCUT2D eigenvalue weighted by Crippen LogP contribution is 2.37. The summed E-state index contributed by atoms with van der Waals surface area (Å²) in [6.45, 7) is 4.70. The van der Waals surface area contributed by atoms with Crippen molar-refractivity contribution in [3.63, 3.8) is 0 Å². The SMILES string of the molecule is CCCNC(=O)C1CC(=O)N(C)C1c1ccc(C)cc1. The van der Waals surface area contributed by atoms with Crippen molar-refractivity contribution in [2.75, 3.05) is 13.6 Å². The number of amides is 2. The van der Waals surface area contributed by atoms with Crippen LogP contribution in [0.15, 0.2) is 24.3 Å². The molecule has 2 unspecified atom stereocenters. The fraction of sp³-hybridized carbons (Fsp3) is 0.500. The van der Waals surface area contributed by atoms with Crippen molar-refractivity contribution >= 4 is 11.8 Å². The second kappa shape index (κ2) is 6.07. The molecular formula is C16H22N2O2. The largest absolute Gasteiger partial charge is 0.356 e. The van der Waals surface area contributed by atoms with Gasteiger partial charge in [0.25, 0.3) is 0 Å². The Morgan fingerprint density at radius 3 is 2.60 bits per heavy atom. The van der Waals surface area contributed by atoms with Crippen LogP contribution in [0.2, 0.25) is 0 Å². The van der Waals surface area contributed by atoms with E-state index in [9.17, 15) is 9.59 Å². The Morgan fingerprint density at radius 2 is 2.00 bits per heavy atom. The molecule has 1 N–H and O–H groups in total. The molecule has 1 aromatic rings. The van der Waals surface area contributed by atoms with Crippen LogP contribution in [0.1, 0.15) is 36.9 Å². The van der Waals surface area contributed by atoms with Gasteiger partial charge in [-0.15, -0.1) is 0 Å². The zero-order chi connectivity index (χ0) is 14.7. The van der Waals surface area contributed by atoms with Crippen LogP contribution in [0.3, 0.4) is 0 Å². The first-order chi connectivity index (χ1) is 9.54. The van der Waals surface area contributed by atoms with E-state index in [1.165, 1.54) is 5.56 Å². The fourth-order valence-corrected chi connectivity index (χ4v) is 2.70. The Morgan fingerprint density at radius 1 is 1.35 bits per heavy atom. The second-order valence-electron chi connectivity index (χ2n) is 5.46. The van der Waals surface area contributed by atoms with Gasteiger partial charge in [0, 0.05) is 20.0 Å². The number of benzene rings is 1. The van der Waals surface area contributed by atoms with E-state index >= 15 is 0 Å². The van der Waals surface area contributed by atoms with Crippen LogP contribution in [-0.4, -0.2) is 30.3 Å². The average Bonchev–Trinajstić information content (AvgIpc) is 2.73. The Balaban J connectivity index is 2.24. The van der Waals surface area contributed by atoms with E-state index in [-0.39, 0.29) is 23.8 Å². The first-order valence-electron chi connectivity index (χ1n) is 7.14. The molecule has 1 heterocycles. The number of carbonyl (C=O) groups excluding carboxylic acids is 2. The van der Waals surface area contributed by atoms with Crippen molar-refractivity contribution in [3.8, 4) is 0 Å². The van der Waals surface area contributed by atoms with Crippen LogP contribution in [0, 0.1) is 12.8 Å². The number of hydrogen-bond donors (Lipinski definition) is 1. The number of nitrogens with one attached hydrogen (secondary N) is 1. The molecule has 0 aromatic heterocycles. The molecule has 4 heteroatoms. The third-order valence-corrected chi connectivity index (χ3v) is 3.89. The third-order valence-electron chi connectivity index (χ3n) is 3.89. The molecule has 1 aliphatic rings. The number of likely N-dealkylation sites (tertiary alicyclic amines) is 1. The third kappa shape index (κ3) is 2.84. The number of hydrogen-bond acceptors (Lipinski definition) is 2. The minimum absolute atomic E-state index is 0.0184. The van der Waals surface area contributed by atoms with Crippen molar-refractivity contribution in [1.29, 1.82) is 0 Å². The van der Waals surface area contributed by atoms with Gasteiger partial charge in [0.15, 0.2) is 0 Å². The predicted molar refractivity (Wildman–Crippen MR) is 78.1 cm³/mol. The van der Waals surface area contributed by atoms with Crippen molar-refractivity contribution in [2.24, 2.45) is 5.92 Å². The summed E-state index contributed by atoms with van der Waals surface area (Å²) in [5.74, 6) is -0.274. The van der Waals surface area contributed by atoms with Gasteiger partial charge in [-0.1, -0.05) is 36.8 Å². The van der Waals surface area contributed by atoms with Crippen LogP contribution in [0.25, 0.3) is 0 Å². The lowest BCUT2D eigenvalue weighted by Crippen LogP contribution is -2.34.